The van der Waals surface area contributed by atoms with E-state index in [-0.39, 0.29) is 6.61 Å². The number of hydrogen-bond acceptors (Lipinski definition) is 5. The van der Waals surface area contributed by atoms with Crippen LogP contribution < -0.4 is 4.74 Å². The van der Waals surface area contributed by atoms with E-state index in [0.29, 0.717) is 23.2 Å². The Morgan fingerprint density at radius 2 is 2.15 bits per heavy atom. The van der Waals surface area contributed by atoms with Crippen LogP contribution in [0.15, 0.2) is 18.2 Å². The van der Waals surface area contributed by atoms with Gasteiger partial charge in [-0.1, -0.05) is 24.6 Å². The summed E-state index contributed by atoms with van der Waals surface area (Å²) in [5, 5.41) is 18.2. The van der Waals surface area contributed by atoms with E-state index in [9.17, 15) is 5.11 Å². The number of nitrogens with one attached hydrogen (secondary N) is 1. The quantitative estimate of drug-likeness (QED) is 0.774. The highest BCUT2D eigenvalue weighted by Crippen LogP contribution is 2.27. The van der Waals surface area contributed by atoms with Gasteiger partial charge < -0.3 is 14.7 Å². The number of halogens is 1. The second-order valence-electron chi connectivity index (χ2n) is 6.97. The summed E-state index contributed by atoms with van der Waals surface area (Å²) in [6.07, 6.45) is 2.36. The minimum Gasteiger partial charge on any atom is -0.489 e. The van der Waals surface area contributed by atoms with Crippen LogP contribution in [0, 0.1) is 6.92 Å². The third-order valence-electron chi connectivity index (χ3n) is 4.82. The molecule has 1 fully saturated rings. The first-order chi connectivity index (χ1) is 12.5. The van der Waals surface area contributed by atoms with Crippen LogP contribution in [0.25, 0.3) is 0 Å². The van der Waals surface area contributed by atoms with Crippen LogP contribution in [0.4, 0.5) is 0 Å². The lowest BCUT2D eigenvalue weighted by Crippen LogP contribution is -2.40. The molecular weight excluding hydrogens is 352 g/mol. The van der Waals surface area contributed by atoms with Crippen LogP contribution in [0.1, 0.15) is 42.9 Å². The average molecular weight is 379 g/mol. The Morgan fingerprint density at radius 1 is 1.38 bits per heavy atom. The van der Waals surface area contributed by atoms with E-state index < -0.39 is 6.10 Å². The van der Waals surface area contributed by atoms with Gasteiger partial charge in [0.1, 0.15) is 24.3 Å². The Morgan fingerprint density at radius 3 is 2.85 bits per heavy atom. The molecule has 1 aliphatic heterocycles. The Kier molecular flexibility index (Phi) is 6.51. The second-order valence-corrected chi connectivity index (χ2v) is 7.37. The first kappa shape index (κ1) is 19.1. The number of hydrogen-bond donors (Lipinski definition) is 2. The molecular formula is C19H27ClN4O2. The van der Waals surface area contributed by atoms with Crippen molar-refractivity contribution in [3.63, 3.8) is 0 Å². The molecule has 3 rings (SSSR count). The van der Waals surface area contributed by atoms with Gasteiger partial charge in [-0.2, -0.15) is 5.10 Å². The summed E-state index contributed by atoms with van der Waals surface area (Å²) in [6, 6.07) is 5.64. The van der Waals surface area contributed by atoms with Crippen molar-refractivity contribution in [2.75, 3.05) is 26.2 Å². The van der Waals surface area contributed by atoms with Gasteiger partial charge in [0, 0.05) is 18.9 Å². The smallest absolute Gasteiger partial charge is 0.153 e. The molecule has 1 aliphatic rings. The molecule has 1 unspecified atom stereocenters. The van der Waals surface area contributed by atoms with E-state index in [2.05, 4.69) is 27.0 Å². The number of likely N-dealkylation sites (tertiary alicyclic amines) is 1. The summed E-state index contributed by atoms with van der Waals surface area (Å²) in [6.45, 7) is 6.77. The summed E-state index contributed by atoms with van der Waals surface area (Å²) in [7, 11) is 0. The van der Waals surface area contributed by atoms with Crippen LogP contribution in [0.2, 0.25) is 5.02 Å². The molecule has 1 aromatic carbocycles. The molecule has 0 spiro atoms. The normalized spacial score (nSPS) is 17.4. The lowest BCUT2D eigenvalue weighted by molar-refractivity contribution is 0.0591. The van der Waals surface area contributed by atoms with E-state index in [4.69, 9.17) is 16.3 Å². The van der Waals surface area contributed by atoms with Crippen molar-refractivity contribution in [3.05, 3.63) is 40.4 Å². The summed E-state index contributed by atoms with van der Waals surface area (Å²) < 4.78 is 5.69. The molecule has 0 saturated carbocycles. The molecule has 142 valence electrons. The van der Waals surface area contributed by atoms with E-state index in [0.717, 1.165) is 49.6 Å². The number of H-pyrrole nitrogens is 1. The fraction of sp³-hybridized carbons (Fsp3) is 0.579. The van der Waals surface area contributed by atoms with Crippen LogP contribution in [0.3, 0.4) is 0 Å². The van der Waals surface area contributed by atoms with Crippen molar-refractivity contribution < 1.29 is 9.84 Å². The number of nitrogens with zero attached hydrogens (tertiary/aromatic N) is 3. The molecule has 0 aliphatic carbocycles. The zero-order chi connectivity index (χ0) is 18.5. The van der Waals surface area contributed by atoms with Gasteiger partial charge in [-0.05, 0) is 50.6 Å². The Bertz CT molecular complexity index is 713. The summed E-state index contributed by atoms with van der Waals surface area (Å²) in [5.41, 5.74) is 1.08. The number of aromatic nitrogens is 3. The molecule has 0 bridgehead atoms. The second kappa shape index (κ2) is 8.84. The Hall–Kier alpha value is -1.63. The van der Waals surface area contributed by atoms with Crippen molar-refractivity contribution in [3.8, 4) is 5.75 Å². The highest BCUT2D eigenvalue weighted by molar-refractivity contribution is 6.32. The molecule has 0 radical (unpaired) electrons. The monoisotopic (exact) mass is 378 g/mol. The molecule has 0 amide bonds. The van der Waals surface area contributed by atoms with E-state index in [1.807, 2.05) is 25.1 Å². The molecule has 1 atom stereocenters. The van der Waals surface area contributed by atoms with Crippen molar-refractivity contribution in [2.24, 2.45) is 0 Å². The predicted octanol–water partition coefficient (Wildman–Crippen LogP) is 2.95. The lowest BCUT2D eigenvalue weighted by Gasteiger charge is -2.32. The summed E-state index contributed by atoms with van der Waals surface area (Å²) in [4.78, 5) is 6.82. The molecule has 7 heteroatoms. The maximum atomic E-state index is 10.3. The maximum absolute atomic E-state index is 10.3. The number of rotatable bonds is 7. The van der Waals surface area contributed by atoms with E-state index in [1.54, 1.807) is 0 Å². The highest BCUT2D eigenvalue weighted by atomic mass is 35.5. The van der Waals surface area contributed by atoms with Crippen LogP contribution in [0.5, 0.6) is 5.75 Å². The van der Waals surface area contributed by atoms with Gasteiger partial charge in [0.2, 0.25) is 0 Å². The highest BCUT2D eigenvalue weighted by Gasteiger charge is 2.25. The van der Waals surface area contributed by atoms with Gasteiger partial charge in [0.05, 0.1) is 5.02 Å². The zero-order valence-electron chi connectivity index (χ0n) is 15.4. The Labute approximate surface area is 159 Å². The SMILES string of the molecule is CCc1nc(C2CCN(CC(O)COc3cc(C)ccc3Cl)CC2)n[nH]1. The number of benzene rings is 1. The lowest BCUT2D eigenvalue weighted by atomic mass is 9.96. The molecule has 2 heterocycles. The van der Waals surface area contributed by atoms with Gasteiger partial charge in [0.25, 0.3) is 0 Å². The molecule has 1 aromatic heterocycles. The molecule has 2 N–H and O–H groups in total. The largest absolute Gasteiger partial charge is 0.489 e. The Balaban J connectivity index is 1.43. The first-order valence-electron chi connectivity index (χ1n) is 9.25. The van der Waals surface area contributed by atoms with Gasteiger partial charge in [-0.15, -0.1) is 0 Å². The standard InChI is InChI=1S/C19H27ClN4O2/c1-3-18-21-19(23-22-18)14-6-8-24(9-7-14)11-15(25)12-26-17-10-13(2)4-5-16(17)20/h4-5,10,14-15,25H,3,6-9,11-12H2,1-2H3,(H,21,22,23). The molecule has 6 nitrogen and oxygen atoms in total. The topological polar surface area (TPSA) is 74.3 Å². The number of aromatic amines is 1. The third-order valence-corrected chi connectivity index (χ3v) is 5.14. The van der Waals surface area contributed by atoms with Crippen molar-refractivity contribution >= 4 is 11.6 Å². The van der Waals surface area contributed by atoms with Gasteiger partial charge >= 0.3 is 0 Å². The maximum Gasteiger partial charge on any atom is 0.153 e. The van der Waals surface area contributed by atoms with Crippen molar-refractivity contribution in [1.82, 2.24) is 20.1 Å². The van der Waals surface area contributed by atoms with Crippen molar-refractivity contribution in [2.45, 2.75) is 45.1 Å². The zero-order valence-corrected chi connectivity index (χ0v) is 16.2. The fourth-order valence-electron chi connectivity index (χ4n) is 3.28. The summed E-state index contributed by atoms with van der Waals surface area (Å²) >= 11 is 6.13. The van der Waals surface area contributed by atoms with Gasteiger partial charge in [-0.25, -0.2) is 4.98 Å². The average Bonchev–Trinajstić information content (AvgIpc) is 3.12. The summed E-state index contributed by atoms with van der Waals surface area (Å²) in [5.74, 6) is 2.91. The predicted molar refractivity (Wildman–Crippen MR) is 102 cm³/mol. The van der Waals surface area contributed by atoms with E-state index in [1.165, 1.54) is 0 Å². The van der Waals surface area contributed by atoms with Crippen molar-refractivity contribution in [1.29, 1.82) is 0 Å². The van der Waals surface area contributed by atoms with Gasteiger partial charge in [-0.3, -0.25) is 5.10 Å². The number of aliphatic hydroxyl groups excluding tert-OH is 1. The number of ether oxygens (including phenoxy) is 1. The van der Waals surface area contributed by atoms with Crippen LogP contribution >= 0.6 is 11.6 Å². The number of β-amino-alcohol motifs (C(OH)–C–C–N with tert-alkyl or cyclic N) is 1. The first-order valence-corrected chi connectivity index (χ1v) is 9.63. The van der Waals surface area contributed by atoms with Crippen LogP contribution in [-0.4, -0.2) is 57.5 Å². The van der Waals surface area contributed by atoms with E-state index >= 15 is 0 Å². The minimum atomic E-state index is -0.543. The molecule has 1 saturated heterocycles. The van der Waals surface area contributed by atoms with Crippen LogP contribution in [-0.2, 0) is 6.42 Å². The fourth-order valence-corrected chi connectivity index (χ4v) is 3.45. The third kappa shape index (κ3) is 4.96. The number of aliphatic hydroxyl groups is 1. The molecule has 26 heavy (non-hydrogen) atoms. The number of aryl methyl sites for hydroxylation is 2. The number of piperidine rings is 1. The molecule has 2 aromatic rings. The van der Waals surface area contributed by atoms with Gasteiger partial charge in [0.15, 0.2) is 5.82 Å². The minimum absolute atomic E-state index is 0.240.